The molecule has 2 heterocycles. The molecule has 4 nitrogen and oxygen atoms in total. The van der Waals surface area contributed by atoms with Crippen molar-refractivity contribution in [2.45, 2.75) is 27.2 Å². The molecule has 0 unspecified atom stereocenters. The zero-order valence-electron chi connectivity index (χ0n) is 9.81. The molecule has 0 saturated heterocycles. The zero-order valence-corrected chi connectivity index (χ0v) is 9.81. The summed E-state index contributed by atoms with van der Waals surface area (Å²) in [7, 11) is 2.01. The van der Waals surface area contributed by atoms with Gasteiger partial charge in [0.1, 0.15) is 0 Å². The minimum Gasteiger partial charge on any atom is -0.284 e. The van der Waals surface area contributed by atoms with E-state index in [2.05, 4.69) is 27.8 Å². The molecule has 0 radical (unpaired) electrons. The fourth-order valence-electron chi connectivity index (χ4n) is 1.32. The highest BCUT2D eigenvalue weighted by Crippen LogP contribution is 2.08. The number of hydrogen-bond donors (Lipinski definition) is 0. The van der Waals surface area contributed by atoms with E-state index < -0.39 is 0 Å². The Kier molecular flexibility index (Phi) is 4.09. The summed E-state index contributed by atoms with van der Waals surface area (Å²) in [4.78, 5) is 8.30. The molecule has 15 heavy (non-hydrogen) atoms. The van der Waals surface area contributed by atoms with Crippen LogP contribution < -0.4 is 0 Å². The lowest BCUT2D eigenvalue weighted by molar-refractivity contribution is 0.525. The van der Waals surface area contributed by atoms with Crippen molar-refractivity contribution in [2.75, 3.05) is 0 Å². The van der Waals surface area contributed by atoms with Crippen LogP contribution in [0.1, 0.15) is 26.5 Å². The Morgan fingerprint density at radius 3 is 2.27 bits per heavy atom. The van der Waals surface area contributed by atoms with Crippen molar-refractivity contribution >= 4 is 0 Å². The van der Waals surface area contributed by atoms with Gasteiger partial charge < -0.3 is 0 Å². The molecule has 0 aliphatic heterocycles. The van der Waals surface area contributed by atoms with E-state index in [-0.39, 0.29) is 0 Å². The molecule has 0 aliphatic carbocycles. The topological polar surface area (TPSA) is 35.6 Å². The monoisotopic (exact) mass is 206 g/mol. The van der Waals surface area contributed by atoms with E-state index in [9.17, 15) is 0 Å². The number of rotatable bonds is 2. The summed E-state index contributed by atoms with van der Waals surface area (Å²) >= 11 is 0. The molecule has 0 amide bonds. The van der Waals surface area contributed by atoms with Gasteiger partial charge in [-0.05, 0) is 12.5 Å². The average molecular weight is 206 g/mol. The van der Waals surface area contributed by atoms with E-state index in [0.717, 1.165) is 12.4 Å². The second kappa shape index (κ2) is 5.34. The van der Waals surface area contributed by atoms with E-state index in [0.29, 0.717) is 0 Å². The van der Waals surface area contributed by atoms with Gasteiger partial charge in [0.15, 0.2) is 0 Å². The van der Waals surface area contributed by atoms with Gasteiger partial charge in [0, 0.05) is 19.4 Å². The maximum atomic E-state index is 4.15. The number of nitrogens with zero attached hydrogens (tertiary/aromatic N) is 4. The molecule has 2 rings (SSSR count). The molecular formula is C11H18N4. The Balaban J connectivity index is 0.000000531. The van der Waals surface area contributed by atoms with Gasteiger partial charge in [0.05, 0.1) is 11.9 Å². The maximum absolute atomic E-state index is 4.15. The first kappa shape index (κ1) is 11.5. The lowest BCUT2D eigenvalue weighted by Crippen LogP contribution is -2.22. The van der Waals surface area contributed by atoms with Crippen molar-refractivity contribution in [2.24, 2.45) is 7.05 Å². The quantitative estimate of drug-likeness (QED) is 0.755. The Hall–Kier alpha value is -1.58. The molecule has 0 bridgehead atoms. The largest absolute Gasteiger partial charge is 0.284 e. The maximum Gasteiger partial charge on any atom is 0.248 e. The number of aromatic nitrogens is 4. The molecule has 0 N–H and O–H groups in total. The van der Waals surface area contributed by atoms with Crippen LogP contribution in [-0.4, -0.2) is 19.3 Å². The van der Waals surface area contributed by atoms with E-state index >= 15 is 0 Å². The number of aryl methyl sites for hydroxylation is 1. The van der Waals surface area contributed by atoms with Crippen LogP contribution in [-0.2, 0) is 13.5 Å². The van der Waals surface area contributed by atoms with Crippen LogP contribution in [0.25, 0.3) is 5.95 Å². The van der Waals surface area contributed by atoms with Crippen molar-refractivity contribution in [1.29, 1.82) is 0 Å². The van der Waals surface area contributed by atoms with Crippen molar-refractivity contribution in [1.82, 2.24) is 19.3 Å². The molecule has 0 spiro atoms. The first-order chi connectivity index (χ1) is 7.33. The third-order valence-corrected chi connectivity index (χ3v) is 2.13. The highest BCUT2D eigenvalue weighted by molar-refractivity contribution is 5.14. The Morgan fingerprint density at radius 2 is 1.80 bits per heavy atom. The lowest BCUT2D eigenvalue weighted by atomic mass is 10.3. The third-order valence-electron chi connectivity index (χ3n) is 2.13. The summed E-state index contributed by atoms with van der Waals surface area (Å²) < 4.78 is 3.98. The lowest BCUT2D eigenvalue weighted by Gasteiger charge is -2.20. The Morgan fingerprint density at radius 1 is 1.20 bits per heavy atom. The summed E-state index contributed by atoms with van der Waals surface area (Å²) in [5.74, 6) is 0.724. The van der Waals surface area contributed by atoms with Gasteiger partial charge in [0.25, 0.3) is 0 Å². The molecule has 82 valence electrons. The summed E-state index contributed by atoms with van der Waals surface area (Å²) in [6, 6.07) is 1.81. The fraction of sp³-hybridized carbons (Fsp3) is 0.455. The Bertz CT molecular complexity index is 386. The van der Waals surface area contributed by atoms with E-state index in [1.807, 2.05) is 31.6 Å². The van der Waals surface area contributed by atoms with E-state index in [4.69, 9.17) is 0 Å². The molecule has 4 heteroatoms. The standard InChI is InChI=1S/C9H12N4.C2H6/c1-3-8-7-13(12(8)2)9-10-5-4-6-11-9;1-2/h4-7H,3H2,1-2H3;1-2H3. The van der Waals surface area contributed by atoms with Crippen molar-refractivity contribution in [3.05, 3.63) is 30.4 Å². The SMILES string of the molecule is CC.CCc1cn(-c2ncccn2)n1C. The Labute approximate surface area is 90.6 Å². The van der Waals surface area contributed by atoms with Crippen LogP contribution in [0.5, 0.6) is 0 Å². The smallest absolute Gasteiger partial charge is 0.248 e. The van der Waals surface area contributed by atoms with Crippen LogP contribution in [0.3, 0.4) is 0 Å². The molecule has 0 aromatic carbocycles. The molecule has 0 atom stereocenters. The highest BCUT2D eigenvalue weighted by atomic mass is 15.5. The van der Waals surface area contributed by atoms with E-state index in [1.165, 1.54) is 5.69 Å². The normalized spacial score (nSPS) is 9.60. The van der Waals surface area contributed by atoms with Crippen molar-refractivity contribution in [3.63, 3.8) is 0 Å². The van der Waals surface area contributed by atoms with Gasteiger partial charge in [-0.3, -0.25) is 4.68 Å². The zero-order chi connectivity index (χ0) is 11.3. The van der Waals surface area contributed by atoms with Gasteiger partial charge in [0.2, 0.25) is 5.95 Å². The molecule has 2 aromatic heterocycles. The van der Waals surface area contributed by atoms with Gasteiger partial charge in [-0.1, -0.05) is 20.8 Å². The minimum atomic E-state index is 0.724. The van der Waals surface area contributed by atoms with Crippen molar-refractivity contribution in [3.8, 4) is 5.95 Å². The van der Waals surface area contributed by atoms with Gasteiger partial charge in [-0.15, -0.1) is 0 Å². The van der Waals surface area contributed by atoms with Crippen molar-refractivity contribution < 1.29 is 0 Å². The van der Waals surface area contributed by atoms with E-state index in [1.54, 1.807) is 12.4 Å². The van der Waals surface area contributed by atoms with Crippen LogP contribution in [0, 0.1) is 0 Å². The summed E-state index contributed by atoms with van der Waals surface area (Å²) in [5, 5.41) is 0. The second-order valence-electron chi connectivity index (χ2n) is 2.89. The van der Waals surface area contributed by atoms with Crippen LogP contribution in [0.15, 0.2) is 24.7 Å². The summed E-state index contributed by atoms with van der Waals surface area (Å²) in [5.41, 5.74) is 1.30. The van der Waals surface area contributed by atoms with Crippen LogP contribution >= 0.6 is 0 Å². The van der Waals surface area contributed by atoms with Crippen LogP contribution in [0.4, 0.5) is 0 Å². The fourth-order valence-corrected chi connectivity index (χ4v) is 1.32. The molecule has 0 aliphatic rings. The molecule has 2 aromatic rings. The molecule has 0 fully saturated rings. The summed E-state index contributed by atoms with van der Waals surface area (Å²) in [6.07, 6.45) is 6.58. The summed E-state index contributed by atoms with van der Waals surface area (Å²) in [6.45, 7) is 6.13. The predicted molar refractivity (Wildman–Crippen MR) is 61.1 cm³/mol. The third kappa shape index (κ3) is 2.26. The predicted octanol–water partition coefficient (Wildman–Crippen LogP) is 2.19. The number of hydrogen-bond acceptors (Lipinski definition) is 2. The van der Waals surface area contributed by atoms with Gasteiger partial charge in [-0.2, -0.15) is 0 Å². The highest BCUT2D eigenvalue weighted by Gasteiger charge is 2.07. The second-order valence-corrected chi connectivity index (χ2v) is 2.89. The van der Waals surface area contributed by atoms with Gasteiger partial charge >= 0.3 is 0 Å². The van der Waals surface area contributed by atoms with Crippen LogP contribution in [0.2, 0.25) is 0 Å². The van der Waals surface area contributed by atoms with Gasteiger partial charge in [-0.25, -0.2) is 14.6 Å². The minimum absolute atomic E-state index is 0.724. The molecular weight excluding hydrogens is 188 g/mol. The average Bonchev–Trinajstić information content (AvgIpc) is 2.32. The first-order valence-corrected chi connectivity index (χ1v) is 5.33. The molecule has 0 saturated carbocycles. The first-order valence-electron chi connectivity index (χ1n) is 5.33.